The Bertz CT molecular complexity index is 524. The maximum atomic E-state index is 10.8. The molecule has 2 heterocycles. The number of carbonyl (C=O) groups is 1. The molecule has 0 saturated heterocycles. The Morgan fingerprint density at radius 2 is 2.33 bits per heavy atom. The molecule has 0 aliphatic carbocycles. The largest absolute Gasteiger partial charge is 0.481 e. The second-order valence-corrected chi connectivity index (χ2v) is 3.44. The standard InChI is InChI=1S/C8H7ClN4O2/c1-4(8(14)15)7-12-11-6-2-10-5(9)3-13(6)7/h2-4H,1H3,(H,14,15). The van der Waals surface area contributed by atoms with Gasteiger partial charge in [-0.3, -0.25) is 9.20 Å². The summed E-state index contributed by atoms with van der Waals surface area (Å²) >= 11 is 5.70. The molecule has 1 atom stereocenters. The van der Waals surface area contributed by atoms with Crippen LogP contribution < -0.4 is 0 Å². The van der Waals surface area contributed by atoms with Gasteiger partial charge >= 0.3 is 5.97 Å². The van der Waals surface area contributed by atoms with Crippen LogP contribution >= 0.6 is 11.6 Å². The van der Waals surface area contributed by atoms with Crippen LogP contribution in [0.3, 0.4) is 0 Å². The van der Waals surface area contributed by atoms with E-state index in [9.17, 15) is 4.79 Å². The van der Waals surface area contributed by atoms with Gasteiger partial charge in [-0.2, -0.15) is 0 Å². The van der Waals surface area contributed by atoms with E-state index in [-0.39, 0.29) is 5.15 Å². The number of hydrogen-bond donors (Lipinski definition) is 1. The number of nitrogens with zero attached hydrogens (tertiary/aromatic N) is 4. The number of hydrogen-bond acceptors (Lipinski definition) is 4. The van der Waals surface area contributed by atoms with Gasteiger partial charge in [0.05, 0.1) is 6.20 Å². The van der Waals surface area contributed by atoms with E-state index in [1.807, 2.05) is 0 Å². The molecule has 0 aliphatic heterocycles. The van der Waals surface area contributed by atoms with Gasteiger partial charge in [0.25, 0.3) is 0 Å². The van der Waals surface area contributed by atoms with Crippen LogP contribution in [-0.4, -0.2) is 30.7 Å². The van der Waals surface area contributed by atoms with E-state index in [4.69, 9.17) is 16.7 Å². The van der Waals surface area contributed by atoms with Crippen molar-refractivity contribution in [1.29, 1.82) is 0 Å². The van der Waals surface area contributed by atoms with E-state index in [0.717, 1.165) is 0 Å². The van der Waals surface area contributed by atoms with Crippen molar-refractivity contribution in [3.05, 3.63) is 23.4 Å². The summed E-state index contributed by atoms with van der Waals surface area (Å²) in [6, 6.07) is 0. The van der Waals surface area contributed by atoms with Gasteiger partial charge in [-0.05, 0) is 6.92 Å². The van der Waals surface area contributed by atoms with E-state index in [2.05, 4.69) is 15.2 Å². The third-order valence-electron chi connectivity index (χ3n) is 2.05. The minimum absolute atomic E-state index is 0.265. The lowest BCUT2D eigenvalue weighted by molar-refractivity contribution is -0.138. The Balaban J connectivity index is 2.61. The zero-order chi connectivity index (χ0) is 11.0. The Hall–Kier alpha value is -1.69. The molecule has 1 N–H and O–H groups in total. The van der Waals surface area contributed by atoms with Crippen molar-refractivity contribution >= 4 is 23.2 Å². The molecule has 2 aromatic heterocycles. The van der Waals surface area contributed by atoms with E-state index in [1.165, 1.54) is 23.7 Å². The summed E-state index contributed by atoms with van der Waals surface area (Å²) in [5.74, 6) is -1.36. The summed E-state index contributed by atoms with van der Waals surface area (Å²) in [5.41, 5.74) is 0.475. The average Bonchev–Trinajstić information content (AvgIpc) is 2.59. The molecule has 1 unspecified atom stereocenters. The molecule has 0 aromatic carbocycles. The predicted octanol–water partition coefficient (Wildman–Crippen LogP) is 0.966. The van der Waals surface area contributed by atoms with Crippen LogP contribution in [0.4, 0.5) is 0 Å². The van der Waals surface area contributed by atoms with Crippen LogP contribution in [0.5, 0.6) is 0 Å². The number of carboxylic acids is 1. The van der Waals surface area contributed by atoms with Gasteiger partial charge in [-0.1, -0.05) is 11.6 Å². The van der Waals surface area contributed by atoms with Crippen LogP contribution in [0.1, 0.15) is 18.7 Å². The minimum Gasteiger partial charge on any atom is -0.481 e. The topological polar surface area (TPSA) is 80.4 Å². The van der Waals surface area contributed by atoms with Crippen LogP contribution in [-0.2, 0) is 4.79 Å². The van der Waals surface area contributed by atoms with Gasteiger partial charge in [0.15, 0.2) is 11.5 Å². The first-order chi connectivity index (χ1) is 7.09. The van der Waals surface area contributed by atoms with Crippen molar-refractivity contribution in [1.82, 2.24) is 19.6 Å². The van der Waals surface area contributed by atoms with Crippen LogP contribution in [0.15, 0.2) is 12.4 Å². The Morgan fingerprint density at radius 1 is 1.60 bits per heavy atom. The highest BCUT2D eigenvalue weighted by Crippen LogP contribution is 2.15. The summed E-state index contributed by atoms with van der Waals surface area (Å²) < 4.78 is 1.52. The number of aromatic nitrogens is 4. The second kappa shape index (κ2) is 3.47. The van der Waals surface area contributed by atoms with Gasteiger partial charge in [0.1, 0.15) is 11.1 Å². The van der Waals surface area contributed by atoms with E-state index >= 15 is 0 Å². The quantitative estimate of drug-likeness (QED) is 0.825. The molecule has 0 radical (unpaired) electrons. The SMILES string of the molecule is CC(C(=O)O)c1nnc2cnc(Cl)cn12. The Labute approximate surface area is 89.5 Å². The fourth-order valence-corrected chi connectivity index (χ4v) is 1.35. The third kappa shape index (κ3) is 1.63. The molecule has 0 amide bonds. The van der Waals surface area contributed by atoms with Gasteiger partial charge in [-0.15, -0.1) is 10.2 Å². The molecule has 2 rings (SSSR count). The van der Waals surface area contributed by atoms with Crippen molar-refractivity contribution in [3.8, 4) is 0 Å². The van der Waals surface area contributed by atoms with Crippen molar-refractivity contribution in [3.63, 3.8) is 0 Å². The first-order valence-corrected chi connectivity index (χ1v) is 4.56. The number of aliphatic carboxylic acids is 1. The van der Waals surface area contributed by atoms with Crippen molar-refractivity contribution in [2.75, 3.05) is 0 Å². The molecule has 0 saturated carbocycles. The molecule has 7 heteroatoms. The first kappa shape index (κ1) is 9.85. The maximum Gasteiger partial charge on any atom is 0.313 e. The van der Waals surface area contributed by atoms with E-state index < -0.39 is 11.9 Å². The molecule has 0 bridgehead atoms. The molecule has 15 heavy (non-hydrogen) atoms. The number of carboxylic acid groups (broad SMARTS) is 1. The summed E-state index contributed by atoms with van der Waals surface area (Å²) in [7, 11) is 0. The van der Waals surface area contributed by atoms with Crippen LogP contribution in [0, 0.1) is 0 Å². The normalized spacial score (nSPS) is 12.9. The number of halogens is 1. The Kier molecular flexibility index (Phi) is 2.28. The van der Waals surface area contributed by atoms with Crippen LogP contribution in [0.2, 0.25) is 5.15 Å². The van der Waals surface area contributed by atoms with Crippen molar-refractivity contribution in [2.24, 2.45) is 0 Å². The smallest absolute Gasteiger partial charge is 0.313 e. The minimum atomic E-state index is -0.961. The van der Waals surface area contributed by atoms with Crippen molar-refractivity contribution in [2.45, 2.75) is 12.8 Å². The van der Waals surface area contributed by atoms with Gasteiger partial charge in [0.2, 0.25) is 0 Å². The number of fused-ring (bicyclic) bond motifs is 1. The maximum absolute atomic E-state index is 10.8. The summed E-state index contributed by atoms with van der Waals surface area (Å²) in [6.45, 7) is 1.53. The molecular formula is C8H7ClN4O2. The average molecular weight is 227 g/mol. The molecular weight excluding hydrogens is 220 g/mol. The van der Waals surface area contributed by atoms with Crippen molar-refractivity contribution < 1.29 is 9.90 Å². The molecule has 78 valence electrons. The highest BCUT2D eigenvalue weighted by Gasteiger charge is 2.20. The summed E-state index contributed by atoms with van der Waals surface area (Å²) in [4.78, 5) is 14.6. The van der Waals surface area contributed by atoms with Gasteiger partial charge < -0.3 is 5.11 Å². The predicted molar refractivity (Wildman–Crippen MR) is 51.8 cm³/mol. The van der Waals surface area contributed by atoms with E-state index in [1.54, 1.807) is 0 Å². The highest BCUT2D eigenvalue weighted by molar-refractivity contribution is 6.29. The summed E-state index contributed by atoms with van der Waals surface area (Å²) in [6.07, 6.45) is 2.93. The number of rotatable bonds is 2. The van der Waals surface area contributed by atoms with Gasteiger partial charge in [-0.25, -0.2) is 4.98 Å². The van der Waals surface area contributed by atoms with Gasteiger partial charge in [0, 0.05) is 6.20 Å². The highest BCUT2D eigenvalue weighted by atomic mass is 35.5. The zero-order valence-corrected chi connectivity index (χ0v) is 8.51. The Morgan fingerprint density at radius 3 is 3.00 bits per heavy atom. The monoisotopic (exact) mass is 226 g/mol. The molecule has 0 fully saturated rings. The molecule has 0 aliphatic rings. The lowest BCUT2D eigenvalue weighted by Crippen LogP contribution is -2.11. The molecule has 6 nitrogen and oxygen atoms in total. The summed E-state index contributed by atoms with van der Waals surface area (Å²) in [5, 5.41) is 16.7. The fraction of sp³-hybridized carbons (Fsp3) is 0.250. The second-order valence-electron chi connectivity index (χ2n) is 3.06. The lowest BCUT2D eigenvalue weighted by Gasteiger charge is -2.03. The van der Waals surface area contributed by atoms with Crippen LogP contribution in [0.25, 0.3) is 5.65 Å². The zero-order valence-electron chi connectivity index (χ0n) is 7.75. The third-order valence-corrected chi connectivity index (χ3v) is 2.24. The fourth-order valence-electron chi connectivity index (χ4n) is 1.20. The lowest BCUT2D eigenvalue weighted by atomic mass is 10.2. The molecule has 2 aromatic rings. The first-order valence-electron chi connectivity index (χ1n) is 4.18. The molecule has 0 spiro atoms. The van der Waals surface area contributed by atoms with E-state index in [0.29, 0.717) is 11.5 Å².